The second-order valence-corrected chi connectivity index (χ2v) is 6.51. The fourth-order valence-electron chi connectivity index (χ4n) is 1.84. The van der Waals surface area contributed by atoms with Crippen molar-refractivity contribution in [2.24, 2.45) is 0 Å². The maximum absolute atomic E-state index is 11.9. The van der Waals surface area contributed by atoms with Gasteiger partial charge in [-0.15, -0.1) is 11.3 Å². The van der Waals surface area contributed by atoms with E-state index in [9.17, 15) is 4.79 Å². The minimum atomic E-state index is -0.156. The van der Waals surface area contributed by atoms with E-state index in [2.05, 4.69) is 36.3 Å². The van der Waals surface area contributed by atoms with Gasteiger partial charge in [0.05, 0.1) is 5.69 Å². The maximum Gasteiger partial charge on any atom is 0.250 e. The third-order valence-electron chi connectivity index (χ3n) is 3.29. The van der Waals surface area contributed by atoms with E-state index in [-0.39, 0.29) is 5.91 Å². The monoisotopic (exact) mass is 300 g/mol. The standard InChI is InChI=1S/C17H20N2OS/c1-11(2)15-8-5-14(6-9-15)7-10-16(20)19-17-18-12(3)13(4)21-17/h5-11H,1-4H3,(H,18,19,20)/b10-7+. The molecule has 1 aromatic heterocycles. The first kappa shape index (κ1) is 15.4. The summed E-state index contributed by atoms with van der Waals surface area (Å²) in [5.41, 5.74) is 3.27. The van der Waals surface area contributed by atoms with Gasteiger partial charge in [0.15, 0.2) is 5.13 Å². The first-order valence-electron chi connectivity index (χ1n) is 6.99. The molecule has 1 aromatic carbocycles. The normalized spacial score (nSPS) is 11.3. The van der Waals surface area contributed by atoms with Crippen molar-refractivity contribution in [1.82, 2.24) is 4.98 Å². The Labute approximate surface area is 129 Å². The predicted molar refractivity (Wildman–Crippen MR) is 89.8 cm³/mol. The molecule has 0 spiro atoms. The Morgan fingerprint density at radius 1 is 1.24 bits per heavy atom. The van der Waals surface area contributed by atoms with Gasteiger partial charge in [0.2, 0.25) is 5.91 Å². The van der Waals surface area contributed by atoms with Gasteiger partial charge in [-0.1, -0.05) is 38.1 Å². The van der Waals surface area contributed by atoms with Gasteiger partial charge in [-0.05, 0) is 37.0 Å². The lowest BCUT2D eigenvalue weighted by molar-refractivity contribution is -0.111. The number of nitrogens with one attached hydrogen (secondary N) is 1. The van der Waals surface area contributed by atoms with Crippen LogP contribution in [0.15, 0.2) is 30.3 Å². The zero-order chi connectivity index (χ0) is 15.4. The molecule has 1 heterocycles. The third kappa shape index (κ3) is 4.26. The van der Waals surface area contributed by atoms with Crippen LogP contribution in [-0.4, -0.2) is 10.9 Å². The molecule has 0 atom stereocenters. The van der Waals surface area contributed by atoms with Crippen LogP contribution in [-0.2, 0) is 4.79 Å². The molecule has 2 aromatic rings. The Hall–Kier alpha value is -1.94. The zero-order valence-corrected chi connectivity index (χ0v) is 13.6. The van der Waals surface area contributed by atoms with Gasteiger partial charge in [-0.2, -0.15) is 0 Å². The number of anilines is 1. The first-order valence-corrected chi connectivity index (χ1v) is 7.80. The Kier molecular flexibility index (Phi) is 4.91. The molecule has 0 aliphatic carbocycles. The minimum Gasteiger partial charge on any atom is -0.298 e. The second kappa shape index (κ2) is 6.68. The summed E-state index contributed by atoms with van der Waals surface area (Å²) in [6.45, 7) is 8.26. The highest BCUT2D eigenvalue weighted by molar-refractivity contribution is 7.15. The van der Waals surface area contributed by atoms with Gasteiger partial charge in [0, 0.05) is 11.0 Å². The summed E-state index contributed by atoms with van der Waals surface area (Å²) >= 11 is 1.49. The zero-order valence-electron chi connectivity index (χ0n) is 12.8. The van der Waals surface area contributed by atoms with E-state index in [4.69, 9.17) is 0 Å². The molecule has 2 rings (SSSR count). The average molecular weight is 300 g/mol. The SMILES string of the molecule is Cc1nc(NC(=O)/C=C/c2ccc(C(C)C)cc2)sc1C. The number of rotatable bonds is 4. The number of hydrogen-bond acceptors (Lipinski definition) is 3. The van der Waals surface area contributed by atoms with Gasteiger partial charge in [0.1, 0.15) is 0 Å². The van der Waals surface area contributed by atoms with Crippen molar-refractivity contribution < 1.29 is 4.79 Å². The quantitative estimate of drug-likeness (QED) is 0.843. The van der Waals surface area contributed by atoms with E-state index < -0.39 is 0 Å². The highest BCUT2D eigenvalue weighted by Gasteiger charge is 2.05. The van der Waals surface area contributed by atoms with Crippen LogP contribution in [0.2, 0.25) is 0 Å². The van der Waals surface area contributed by atoms with Crippen LogP contribution in [0.1, 0.15) is 41.5 Å². The first-order chi connectivity index (χ1) is 9.95. The number of nitrogens with zero attached hydrogens (tertiary/aromatic N) is 1. The summed E-state index contributed by atoms with van der Waals surface area (Å²) in [7, 11) is 0. The molecule has 0 aliphatic rings. The molecule has 21 heavy (non-hydrogen) atoms. The highest BCUT2D eigenvalue weighted by Crippen LogP contribution is 2.21. The van der Waals surface area contributed by atoms with Crippen molar-refractivity contribution >= 4 is 28.5 Å². The summed E-state index contributed by atoms with van der Waals surface area (Å²) in [6, 6.07) is 8.24. The van der Waals surface area contributed by atoms with Gasteiger partial charge >= 0.3 is 0 Å². The smallest absolute Gasteiger partial charge is 0.250 e. The molecule has 0 radical (unpaired) electrons. The lowest BCUT2D eigenvalue weighted by Gasteiger charge is -2.04. The molecule has 4 heteroatoms. The van der Waals surface area contributed by atoms with E-state index in [1.165, 1.54) is 23.0 Å². The van der Waals surface area contributed by atoms with Crippen molar-refractivity contribution in [1.29, 1.82) is 0 Å². The van der Waals surface area contributed by atoms with Crippen molar-refractivity contribution in [3.05, 3.63) is 52.0 Å². The molecule has 1 amide bonds. The molecule has 1 N–H and O–H groups in total. The third-order valence-corrected chi connectivity index (χ3v) is 4.28. The fraction of sp³-hybridized carbons (Fsp3) is 0.294. The molecule has 0 saturated heterocycles. The van der Waals surface area contributed by atoms with Gasteiger partial charge < -0.3 is 0 Å². The van der Waals surface area contributed by atoms with E-state index in [1.807, 2.05) is 32.1 Å². The molecule has 0 aliphatic heterocycles. The van der Waals surface area contributed by atoms with E-state index in [1.54, 1.807) is 0 Å². The summed E-state index contributed by atoms with van der Waals surface area (Å²) in [6.07, 6.45) is 3.35. The van der Waals surface area contributed by atoms with Crippen molar-refractivity contribution in [2.75, 3.05) is 5.32 Å². The molecular weight excluding hydrogens is 280 g/mol. The molecule has 0 bridgehead atoms. The Bertz CT molecular complexity index is 634. The summed E-state index contributed by atoms with van der Waals surface area (Å²) in [5.74, 6) is 0.361. The van der Waals surface area contributed by atoms with E-state index in [0.29, 0.717) is 11.0 Å². The minimum absolute atomic E-state index is 0.156. The summed E-state index contributed by atoms with van der Waals surface area (Å²) in [4.78, 5) is 17.3. The Morgan fingerprint density at radius 2 is 1.90 bits per heavy atom. The Morgan fingerprint density at radius 3 is 2.43 bits per heavy atom. The van der Waals surface area contributed by atoms with Crippen molar-refractivity contribution in [2.45, 2.75) is 33.6 Å². The van der Waals surface area contributed by atoms with Crippen LogP contribution in [0.3, 0.4) is 0 Å². The number of aryl methyl sites for hydroxylation is 2. The number of carbonyl (C=O) groups excluding carboxylic acids is 1. The molecular formula is C17H20N2OS. The number of thiazole rings is 1. The van der Waals surface area contributed by atoms with Gasteiger partial charge in [-0.25, -0.2) is 4.98 Å². The number of amides is 1. The van der Waals surface area contributed by atoms with Crippen LogP contribution in [0, 0.1) is 13.8 Å². The largest absolute Gasteiger partial charge is 0.298 e. The lowest BCUT2D eigenvalue weighted by atomic mass is 10.0. The Balaban J connectivity index is 1.98. The molecule has 0 saturated carbocycles. The second-order valence-electron chi connectivity index (χ2n) is 5.30. The van der Waals surface area contributed by atoms with Crippen LogP contribution in [0.4, 0.5) is 5.13 Å². The van der Waals surface area contributed by atoms with E-state index in [0.717, 1.165) is 16.1 Å². The highest BCUT2D eigenvalue weighted by atomic mass is 32.1. The van der Waals surface area contributed by atoms with Crippen LogP contribution in [0.25, 0.3) is 6.08 Å². The molecule has 110 valence electrons. The summed E-state index contributed by atoms with van der Waals surface area (Å²) in [5, 5.41) is 3.43. The fourth-order valence-corrected chi connectivity index (χ4v) is 2.65. The number of benzene rings is 1. The van der Waals surface area contributed by atoms with Crippen molar-refractivity contribution in [3.8, 4) is 0 Å². The number of hydrogen-bond donors (Lipinski definition) is 1. The van der Waals surface area contributed by atoms with E-state index >= 15 is 0 Å². The number of aromatic nitrogens is 1. The van der Waals surface area contributed by atoms with Crippen LogP contribution in [0.5, 0.6) is 0 Å². The average Bonchev–Trinajstić information content (AvgIpc) is 2.75. The summed E-state index contributed by atoms with van der Waals surface area (Å²) < 4.78 is 0. The molecule has 0 fully saturated rings. The van der Waals surface area contributed by atoms with Crippen molar-refractivity contribution in [3.63, 3.8) is 0 Å². The van der Waals surface area contributed by atoms with Crippen LogP contribution >= 0.6 is 11.3 Å². The molecule has 3 nitrogen and oxygen atoms in total. The van der Waals surface area contributed by atoms with Crippen LogP contribution < -0.4 is 5.32 Å². The maximum atomic E-state index is 11.9. The topological polar surface area (TPSA) is 42.0 Å². The molecule has 0 unspecified atom stereocenters. The lowest BCUT2D eigenvalue weighted by Crippen LogP contribution is -2.07. The van der Waals surface area contributed by atoms with Gasteiger partial charge in [0.25, 0.3) is 0 Å². The predicted octanol–water partition coefficient (Wildman–Crippen LogP) is 4.54. The van der Waals surface area contributed by atoms with Gasteiger partial charge in [-0.3, -0.25) is 10.1 Å². The number of carbonyl (C=O) groups is 1.